The molecule has 150 valence electrons. The molecule has 0 spiro atoms. The minimum atomic E-state index is -3.80. The SMILES string of the molecule is CCCCCCCCOOS(=O)(=O)c1ccc(C)cc1.Ic1ccccc1. The second kappa shape index (κ2) is 14.1. The monoisotopic (exact) mass is 504 g/mol. The summed E-state index contributed by atoms with van der Waals surface area (Å²) in [5.41, 5.74) is 0.997. The number of rotatable bonds is 10. The van der Waals surface area contributed by atoms with Crippen molar-refractivity contribution in [3.05, 3.63) is 63.7 Å². The van der Waals surface area contributed by atoms with Gasteiger partial charge in [-0.25, -0.2) is 4.89 Å². The number of hydrogen-bond acceptors (Lipinski definition) is 4. The highest BCUT2D eigenvalue weighted by molar-refractivity contribution is 14.1. The molecule has 0 saturated heterocycles. The lowest BCUT2D eigenvalue weighted by Crippen LogP contribution is -2.08. The Bertz CT molecular complexity index is 716. The summed E-state index contributed by atoms with van der Waals surface area (Å²) in [6.07, 6.45) is 6.69. The molecule has 2 aromatic carbocycles. The van der Waals surface area contributed by atoms with Gasteiger partial charge in [0.25, 0.3) is 0 Å². The minimum absolute atomic E-state index is 0.117. The topological polar surface area (TPSA) is 52.6 Å². The molecule has 4 nitrogen and oxygen atoms in total. The molecular weight excluding hydrogens is 475 g/mol. The van der Waals surface area contributed by atoms with Gasteiger partial charge >= 0.3 is 10.1 Å². The smallest absolute Gasteiger partial charge is 0.220 e. The summed E-state index contributed by atoms with van der Waals surface area (Å²) in [6, 6.07) is 16.7. The average Bonchev–Trinajstić information content (AvgIpc) is 2.65. The molecule has 0 radical (unpaired) electrons. The van der Waals surface area contributed by atoms with Crippen molar-refractivity contribution in [2.45, 2.75) is 57.3 Å². The molecule has 0 fully saturated rings. The molecule has 0 heterocycles. The maximum absolute atomic E-state index is 11.8. The Morgan fingerprint density at radius 3 is 2.00 bits per heavy atom. The molecule has 0 atom stereocenters. The van der Waals surface area contributed by atoms with E-state index in [1.807, 2.05) is 25.1 Å². The van der Waals surface area contributed by atoms with Crippen LogP contribution in [-0.2, 0) is 19.3 Å². The van der Waals surface area contributed by atoms with E-state index in [4.69, 9.17) is 4.89 Å². The fourth-order valence-electron chi connectivity index (χ4n) is 2.20. The first kappa shape index (κ1) is 24.1. The van der Waals surface area contributed by atoms with Crippen molar-refractivity contribution < 1.29 is 17.6 Å². The van der Waals surface area contributed by atoms with E-state index < -0.39 is 10.1 Å². The van der Waals surface area contributed by atoms with E-state index in [0.717, 1.165) is 24.8 Å². The lowest BCUT2D eigenvalue weighted by molar-refractivity contribution is -0.202. The van der Waals surface area contributed by atoms with Gasteiger partial charge in [-0.2, -0.15) is 8.42 Å². The summed E-state index contributed by atoms with van der Waals surface area (Å²) in [5.74, 6) is 0. The summed E-state index contributed by atoms with van der Waals surface area (Å²) < 4.78 is 29.4. The lowest BCUT2D eigenvalue weighted by atomic mass is 10.1. The number of halogens is 1. The van der Waals surface area contributed by atoms with Gasteiger partial charge < -0.3 is 0 Å². The van der Waals surface area contributed by atoms with E-state index in [1.54, 1.807) is 12.1 Å². The highest BCUT2D eigenvalue weighted by Crippen LogP contribution is 2.14. The maximum atomic E-state index is 11.8. The molecule has 6 heteroatoms. The zero-order valence-corrected chi connectivity index (χ0v) is 19.0. The molecule has 0 aliphatic carbocycles. The van der Waals surface area contributed by atoms with Crippen LogP contribution in [0.3, 0.4) is 0 Å². The fourth-order valence-corrected chi connectivity index (χ4v) is 3.36. The van der Waals surface area contributed by atoms with Crippen LogP contribution in [0.2, 0.25) is 0 Å². The van der Waals surface area contributed by atoms with Crippen LogP contribution in [0.5, 0.6) is 0 Å². The van der Waals surface area contributed by atoms with Gasteiger partial charge in [0, 0.05) is 3.57 Å². The van der Waals surface area contributed by atoms with E-state index in [0.29, 0.717) is 6.61 Å². The van der Waals surface area contributed by atoms with Crippen molar-refractivity contribution in [3.63, 3.8) is 0 Å². The van der Waals surface area contributed by atoms with E-state index in [9.17, 15) is 8.42 Å². The predicted molar refractivity (Wildman–Crippen MR) is 118 cm³/mol. The Hall–Kier alpha value is -0.960. The predicted octanol–water partition coefficient (Wildman–Crippen LogP) is 6.28. The van der Waals surface area contributed by atoms with E-state index in [-0.39, 0.29) is 4.90 Å². The van der Waals surface area contributed by atoms with Crippen LogP contribution in [0.25, 0.3) is 0 Å². The number of benzene rings is 2. The van der Waals surface area contributed by atoms with Crippen molar-refractivity contribution in [3.8, 4) is 0 Å². The van der Waals surface area contributed by atoms with E-state index >= 15 is 0 Å². The first-order chi connectivity index (χ1) is 13.0. The molecule has 0 aliphatic rings. The molecular formula is C21H29IO4S. The second-order valence-corrected chi connectivity index (χ2v) is 8.98. The summed E-state index contributed by atoms with van der Waals surface area (Å²) in [7, 11) is -3.80. The summed E-state index contributed by atoms with van der Waals surface area (Å²) >= 11 is 2.28. The average molecular weight is 504 g/mol. The van der Waals surface area contributed by atoms with Gasteiger partial charge in [0.2, 0.25) is 0 Å². The van der Waals surface area contributed by atoms with Gasteiger partial charge in [-0.1, -0.05) is 74.9 Å². The standard InChI is InChI=1S/C15H24O4S.C6H5I/c1-3-4-5-6-7-8-13-18-19-20(16,17)15-11-9-14(2)10-12-15;7-6-4-2-1-3-5-6/h9-12H,3-8,13H2,1-2H3;1-5H. The quantitative estimate of drug-likeness (QED) is 0.165. The highest BCUT2D eigenvalue weighted by Gasteiger charge is 2.15. The molecule has 0 aromatic heterocycles. The minimum Gasteiger partial charge on any atom is -0.220 e. The van der Waals surface area contributed by atoms with Gasteiger partial charge in [0.15, 0.2) is 0 Å². The molecule has 0 saturated carbocycles. The van der Waals surface area contributed by atoms with Crippen LogP contribution in [0.15, 0.2) is 59.5 Å². The third-order valence-electron chi connectivity index (χ3n) is 3.76. The second-order valence-electron chi connectivity index (χ2n) is 6.22. The summed E-state index contributed by atoms with van der Waals surface area (Å²) in [5, 5.41) is 0. The van der Waals surface area contributed by atoms with Crippen LogP contribution in [0, 0.1) is 10.5 Å². The summed E-state index contributed by atoms with van der Waals surface area (Å²) in [4.78, 5) is 4.92. The Morgan fingerprint density at radius 2 is 1.44 bits per heavy atom. The van der Waals surface area contributed by atoms with E-state index in [1.165, 1.54) is 35.0 Å². The van der Waals surface area contributed by atoms with Crippen molar-refractivity contribution in [2.24, 2.45) is 0 Å². The van der Waals surface area contributed by atoms with Crippen LogP contribution in [0.1, 0.15) is 51.0 Å². The zero-order chi connectivity index (χ0) is 20.0. The van der Waals surface area contributed by atoms with E-state index in [2.05, 4.69) is 46.0 Å². The van der Waals surface area contributed by atoms with Gasteiger partial charge in [-0.3, -0.25) is 0 Å². The highest BCUT2D eigenvalue weighted by atomic mass is 127. The molecule has 0 bridgehead atoms. The third kappa shape index (κ3) is 11.5. The normalized spacial score (nSPS) is 10.9. The first-order valence-corrected chi connectivity index (χ1v) is 11.8. The summed E-state index contributed by atoms with van der Waals surface area (Å²) in [6.45, 7) is 4.37. The molecule has 0 aliphatic heterocycles. The van der Waals surface area contributed by atoms with Gasteiger partial charge in [-0.05, 0) is 60.2 Å². The Labute approximate surface area is 177 Å². The fraction of sp³-hybridized carbons (Fsp3) is 0.429. The Balaban J connectivity index is 0.000000433. The number of unbranched alkanes of at least 4 members (excludes halogenated alkanes) is 5. The molecule has 27 heavy (non-hydrogen) atoms. The van der Waals surface area contributed by atoms with Crippen molar-refractivity contribution >= 4 is 32.7 Å². The van der Waals surface area contributed by atoms with Crippen molar-refractivity contribution in [2.75, 3.05) is 6.61 Å². The maximum Gasteiger partial charge on any atom is 0.323 e. The molecule has 0 unspecified atom stereocenters. The van der Waals surface area contributed by atoms with Gasteiger partial charge in [0.1, 0.15) is 0 Å². The third-order valence-corrected chi connectivity index (χ3v) is 5.61. The van der Waals surface area contributed by atoms with Crippen LogP contribution in [0.4, 0.5) is 0 Å². The molecule has 0 amide bonds. The van der Waals surface area contributed by atoms with Gasteiger partial charge in [-0.15, -0.1) is 4.33 Å². The van der Waals surface area contributed by atoms with Gasteiger partial charge in [0.05, 0.1) is 11.5 Å². The molecule has 0 N–H and O–H groups in total. The lowest BCUT2D eigenvalue weighted by Gasteiger charge is -2.05. The zero-order valence-electron chi connectivity index (χ0n) is 16.1. The molecule has 2 rings (SSSR count). The number of hydrogen-bond donors (Lipinski definition) is 0. The van der Waals surface area contributed by atoms with Crippen molar-refractivity contribution in [1.29, 1.82) is 0 Å². The largest absolute Gasteiger partial charge is 0.323 e. The Kier molecular flexibility index (Phi) is 12.6. The molecule has 2 aromatic rings. The van der Waals surface area contributed by atoms with Crippen LogP contribution >= 0.6 is 22.6 Å². The first-order valence-electron chi connectivity index (χ1n) is 9.29. The van der Waals surface area contributed by atoms with Crippen LogP contribution < -0.4 is 0 Å². The number of aryl methyl sites for hydroxylation is 1. The van der Waals surface area contributed by atoms with Crippen molar-refractivity contribution in [1.82, 2.24) is 0 Å². The Morgan fingerprint density at radius 1 is 0.852 bits per heavy atom. The van der Waals surface area contributed by atoms with Crippen LogP contribution in [-0.4, -0.2) is 15.0 Å².